The van der Waals surface area contributed by atoms with Gasteiger partial charge in [-0.05, 0) is 64.2 Å². The molecule has 29 heavy (non-hydrogen) atoms. The zero-order valence-electron chi connectivity index (χ0n) is 17.4. The van der Waals surface area contributed by atoms with E-state index in [4.69, 9.17) is 9.51 Å². The number of hydrogen-bond acceptors (Lipinski definition) is 5. The normalized spacial score (nSPS) is 24.0. The lowest BCUT2D eigenvalue weighted by Gasteiger charge is -2.29. The van der Waals surface area contributed by atoms with Crippen LogP contribution in [-0.4, -0.2) is 27.6 Å². The minimum atomic E-state index is 0.193. The lowest BCUT2D eigenvalue weighted by Crippen LogP contribution is -2.32. The second kappa shape index (κ2) is 8.89. The van der Waals surface area contributed by atoms with Crippen LogP contribution in [0.15, 0.2) is 28.9 Å². The SMILES string of the molecule is Cc1cc(-c2cnc(C)nc2C2CCC(CNC(=O)C[C@@H]3C=CCC3)CC2)on1. The number of nitrogens with zero attached hydrogens (tertiary/aromatic N) is 3. The second-order valence-corrected chi connectivity index (χ2v) is 8.54. The van der Waals surface area contributed by atoms with E-state index in [0.717, 1.165) is 73.6 Å². The monoisotopic (exact) mass is 394 g/mol. The zero-order chi connectivity index (χ0) is 20.2. The van der Waals surface area contributed by atoms with Gasteiger partial charge in [-0.2, -0.15) is 0 Å². The van der Waals surface area contributed by atoms with E-state index in [0.29, 0.717) is 24.2 Å². The van der Waals surface area contributed by atoms with Gasteiger partial charge in [-0.25, -0.2) is 9.97 Å². The average Bonchev–Trinajstić information content (AvgIpc) is 3.38. The maximum absolute atomic E-state index is 12.2. The molecule has 4 rings (SSSR count). The molecule has 0 spiro atoms. The molecule has 1 N–H and O–H groups in total. The highest BCUT2D eigenvalue weighted by molar-refractivity contribution is 5.76. The topological polar surface area (TPSA) is 80.9 Å². The van der Waals surface area contributed by atoms with Crippen LogP contribution in [0.1, 0.15) is 68.1 Å². The largest absolute Gasteiger partial charge is 0.356 e. The fraction of sp³-hybridized carbons (Fsp3) is 0.565. The van der Waals surface area contributed by atoms with E-state index in [9.17, 15) is 4.79 Å². The molecule has 2 aliphatic carbocycles. The van der Waals surface area contributed by atoms with Gasteiger partial charge in [0.1, 0.15) is 5.82 Å². The van der Waals surface area contributed by atoms with E-state index in [2.05, 4.69) is 27.6 Å². The number of carbonyl (C=O) groups is 1. The van der Waals surface area contributed by atoms with Gasteiger partial charge < -0.3 is 9.84 Å². The van der Waals surface area contributed by atoms with E-state index >= 15 is 0 Å². The Morgan fingerprint density at radius 1 is 1.21 bits per heavy atom. The van der Waals surface area contributed by atoms with Crippen LogP contribution in [0.25, 0.3) is 11.3 Å². The number of rotatable bonds is 6. The van der Waals surface area contributed by atoms with E-state index < -0.39 is 0 Å². The third kappa shape index (κ3) is 4.92. The van der Waals surface area contributed by atoms with Gasteiger partial charge in [0, 0.05) is 31.1 Å². The lowest BCUT2D eigenvalue weighted by molar-refractivity contribution is -0.121. The first kappa shape index (κ1) is 19.8. The maximum Gasteiger partial charge on any atom is 0.220 e. The summed E-state index contributed by atoms with van der Waals surface area (Å²) in [4.78, 5) is 21.3. The van der Waals surface area contributed by atoms with Crippen molar-refractivity contribution in [1.29, 1.82) is 0 Å². The molecular weight excluding hydrogens is 364 g/mol. The third-order valence-electron chi connectivity index (χ3n) is 6.21. The first-order valence-electron chi connectivity index (χ1n) is 10.8. The number of hydrogen-bond donors (Lipinski definition) is 1. The van der Waals surface area contributed by atoms with Gasteiger partial charge in [-0.3, -0.25) is 4.79 Å². The van der Waals surface area contributed by atoms with Gasteiger partial charge >= 0.3 is 0 Å². The number of nitrogens with one attached hydrogen (secondary N) is 1. The first-order valence-corrected chi connectivity index (χ1v) is 10.8. The molecule has 154 valence electrons. The Kier molecular flexibility index (Phi) is 6.07. The molecule has 0 bridgehead atoms. The molecule has 0 radical (unpaired) electrons. The van der Waals surface area contributed by atoms with Crippen LogP contribution in [0.3, 0.4) is 0 Å². The molecule has 2 aromatic heterocycles. The van der Waals surface area contributed by atoms with E-state index in [1.54, 1.807) is 0 Å². The van der Waals surface area contributed by atoms with Crippen molar-refractivity contribution in [3.8, 4) is 11.3 Å². The van der Waals surface area contributed by atoms with Crippen LogP contribution in [-0.2, 0) is 4.79 Å². The van der Waals surface area contributed by atoms with E-state index in [-0.39, 0.29) is 5.91 Å². The molecule has 0 aromatic carbocycles. The minimum Gasteiger partial charge on any atom is -0.356 e. The predicted molar refractivity (Wildman–Crippen MR) is 111 cm³/mol. The molecule has 1 fully saturated rings. The summed E-state index contributed by atoms with van der Waals surface area (Å²) < 4.78 is 5.48. The second-order valence-electron chi connectivity index (χ2n) is 8.54. The van der Waals surface area contributed by atoms with Gasteiger partial charge in [0.15, 0.2) is 5.76 Å². The summed E-state index contributed by atoms with van der Waals surface area (Å²) in [5, 5.41) is 7.18. The van der Waals surface area contributed by atoms with Crippen LogP contribution in [0.5, 0.6) is 0 Å². The number of aryl methyl sites for hydroxylation is 2. The third-order valence-corrected chi connectivity index (χ3v) is 6.21. The Morgan fingerprint density at radius 3 is 2.72 bits per heavy atom. The zero-order valence-corrected chi connectivity index (χ0v) is 17.4. The van der Waals surface area contributed by atoms with Crippen molar-refractivity contribution < 1.29 is 9.32 Å². The lowest BCUT2D eigenvalue weighted by atomic mass is 9.79. The summed E-state index contributed by atoms with van der Waals surface area (Å²) in [5.74, 6) is 3.10. The molecule has 6 nitrogen and oxygen atoms in total. The number of allylic oxidation sites excluding steroid dienone is 2. The average molecular weight is 395 g/mol. The molecule has 2 aromatic rings. The highest BCUT2D eigenvalue weighted by Crippen LogP contribution is 2.38. The van der Waals surface area contributed by atoms with Gasteiger partial charge in [-0.15, -0.1) is 0 Å². The summed E-state index contributed by atoms with van der Waals surface area (Å²) in [6.45, 7) is 4.64. The molecule has 6 heteroatoms. The number of aromatic nitrogens is 3. The Labute approximate surface area is 172 Å². The Hall–Kier alpha value is -2.50. The molecule has 0 unspecified atom stereocenters. The highest BCUT2D eigenvalue weighted by Gasteiger charge is 2.27. The molecule has 1 amide bonds. The van der Waals surface area contributed by atoms with Crippen molar-refractivity contribution in [2.75, 3.05) is 6.54 Å². The van der Waals surface area contributed by atoms with E-state index in [1.165, 1.54) is 0 Å². The summed E-state index contributed by atoms with van der Waals surface area (Å²) >= 11 is 0. The summed E-state index contributed by atoms with van der Waals surface area (Å²) in [6.07, 6.45) is 13.4. The van der Waals surface area contributed by atoms with Crippen molar-refractivity contribution in [2.24, 2.45) is 11.8 Å². The molecule has 1 atom stereocenters. The van der Waals surface area contributed by atoms with Crippen LogP contribution >= 0.6 is 0 Å². The fourth-order valence-corrected chi connectivity index (χ4v) is 4.55. The number of amides is 1. The minimum absolute atomic E-state index is 0.193. The van der Waals surface area contributed by atoms with Crippen molar-refractivity contribution in [3.63, 3.8) is 0 Å². The summed E-state index contributed by atoms with van der Waals surface area (Å²) in [5.41, 5.74) is 2.89. The maximum atomic E-state index is 12.2. The number of carbonyl (C=O) groups excluding carboxylic acids is 1. The van der Waals surface area contributed by atoms with Gasteiger partial charge in [0.05, 0.1) is 17.0 Å². The summed E-state index contributed by atoms with van der Waals surface area (Å²) in [6, 6.07) is 1.94. The predicted octanol–water partition coefficient (Wildman–Crippen LogP) is 4.49. The molecular formula is C23H30N4O2. The van der Waals surface area contributed by atoms with Crippen molar-refractivity contribution in [2.45, 2.75) is 64.7 Å². The van der Waals surface area contributed by atoms with Crippen molar-refractivity contribution >= 4 is 5.91 Å². The van der Waals surface area contributed by atoms with Crippen LogP contribution in [0.2, 0.25) is 0 Å². The van der Waals surface area contributed by atoms with Crippen LogP contribution < -0.4 is 5.32 Å². The van der Waals surface area contributed by atoms with Crippen LogP contribution in [0, 0.1) is 25.7 Å². The fourth-order valence-electron chi connectivity index (χ4n) is 4.55. The highest BCUT2D eigenvalue weighted by atomic mass is 16.5. The quantitative estimate of drug-likeness (QED) is 0.730. The van der Waals surface area contributed by atoms with E-state index in [1.807, 2.05) is 26.1 Å². The van der Waals surface area contributed by atoms with Crippen LogP contribution in [0.4, 0.5) is 0 Å². The van der Waals surface area contributed by atoms with Gasteiger partial charge in [-0.1, -0.05) is 17.3 Å². The Balaban J connectivity index is 1.33. The Morgan fingerprint density at radius 2 is 2.03 bits per heavy atom. The van der Waals surface area contributed by atoms with Gasteiger partial charge in [0.25, 0.3) is 0 Å². The van der Waals surface area contributed by atoms with Crippen molar-refractivity contribution in [3.05, 3.63) is 41.6 Å². The molecule has 2 heterocycles. The first-order chi connectivity index (χ1) is 14.1. The molecule has 2 aliphatic rings. The van der Waals surface area contributed by atoms with Crippen molar-refractivity contribution in [1.82, 2.24) is 20.4 Å². The molecule has 1 saturated carbocycles. The van der Waals surface area contributed by atoms with Gasteiger partial charge in [0.2, 0.25) is 5.91 Å². The Bertz CT molecular complexity index is 881. The smallest absolute Gasteiger partial charge is 0.220 e. The summed E-state index contributed by atoms with van der Waals surface area (Å²) in [7, 11) is 0. The standard InChI is InChI=1S/C23H30N4O2/c1-15-11-21(29-27-15)20-14-24-16(2)26-23(20)19-9-7-18(8-10-19)13-25-22(28)12-17-5-3-4-6-17/h3,5,11,14,17-19H,4,6-10,12-13H2,1-2H3,(H,25,28)/t17-,18?,19?/m1/s1. The molecule has 0 saturated heterocycles. The molecule has 0 aliphatic heterocycles.